The van der Waals surface area contributed by atoms with Gasteiger partial charge >= 0.3 is 0 Å². The summed E-state index contributed by atoms with van der Waals surface area (Å²) < 4.78 is 33.9. The maximum atomic E-state index is 13.6. The Morgan fingerprint density at radius 2 is 1.63 bits per heavy atom. The number of sulfonamides is 1. The molecule has 0 saturated heterocycles. The number of aryl methyl sites for hydroxylation is 2. The van der Waals surface area contributed by atoms with E-state index in [1.165, 1.54) is 17.7 Å². The summed E-state index contributed by atoms with van der Waals surface area (Å²) in [6.45, 7) is 5.43. The second-order valence-corrected chi connectivity index (χ2v) is 9.96. The number of carbonyl (C=O) groups is 1. The van der Waals surface area contributed by atoms with Crippen molar-refractivity contribution in [3.05, 3.63) is 90.0 Å². The number of para-hydroxylation sites is 2. The van der Waals surface area contributed by atoms with Gasteiger partial charge in [-0.15, -0.1) is 0 Å². The van der Waals surface area contributed by atoms with E-state index in [2.05, 4.69) is 10.5 Å². The Kier molecular flexibility index (Phi) is 9.03. The molecule has 0 bridgehead atoms. The molecule has 3 rings (SSSR count). The van der Waals surface area contributed by atoms with Crippen LogP contribution in [0.15, 0.2) is 88.9 Å². The van der Waals surface area contributed by atoms with Crippen molar-refractivity contribution in [2.75, 3.05) is 17.5 Å². The first kappa shape index (κ1) is 26.0. The molecule has 0 fully saturated rings. The van der Waals surface area contributed by atoms with Gasteiger partial charge in [0.15, 0.2) is 0 Å². The van der Waals surface area contributed by atoms with Crippen LogP contribution in [0.5, 0.6) is 5.75 Å². The molecule has 1 N–H and O–H groups in total. The number of anilines is 1. The topological polar surface area (TPSA) is 88.1 Å². The number of nitrogens with zero attached hydrogens (tertiary/aromatic N) is 2. The molecule has 1 amide bonds. The first-order valence-electron chi connectivity index (χ1n) is 11.5. The molecule has 0 radical (unpaired) electrons. The number of benzene rings is 3. The molecule has 0 saturated carbocycles. The minimum Gasteiger partial charge on any atom is -0.492 e. The average molecular weight is 494 g/mol. The van der Waals surface area contributed by atoms with Gasteiger partial charge in [0.1, 0.15) is 12.3 Å². The van der Waals surface area contributed by atoms with Gasteiger partial charge in [-0.2, -0.15) is 5.10 Å². The van der Waals surface area contributed by atoms with Crippen LogP contribution in [-0.4, -0.2) is 33.2 Å². The summed E-state index contributed by atoms with van der Waals surface area (Å²) in [7, 11) is -4.05. The smallest absolute Gasteiger partial charge is 0.264 e. The Balaban J connectivity index is 1.81. The summed E-state index contributed by atoms with van der Waals surface area (Å²) in [5.74, 6) is -0.174. The molecule has 0 aliphatic carbocycles. The maximum Gasteiger partial charge on any atom is 0.264 e. The molecule has 3 aromatic carbocycles. The van der Waals surface area contributed by atoms with E-state index in [9.17, 15) is 13.2 Å². The second kappa shape index (κ2) is 12.2. The van der Waals surface area contributed by atoms with Crippen LogP contribution in [0.3, 0.4) is 0 Å². The molecular weight excluding hydrogens is 462 g/mol. The van der Waals surface area contributed by atoms with Crippen molar-refractivity contribution in [2.45, 2.75) is 38.5 Å². The third-order valence-electron chi connectivity index (χ3n) is 5.32. The van der Waals surface area contributed by atoms with Crippen molar-refractivity contribution < 1.29 is 17.9 Å². The van der Waals surface area contributed by atoms with Gasteiger partial charge in [-0.05, 0) is 63.4 Å². The average Bonchev–Trinajstić information content (AvgIpc) is 2.86. The number of ether oxygens (including phenoxy) is 1. The van der Waals surface area contributed by atoms with E-state index >= 15 is 0 Å². The molecule has 0 aliphatic rings. The van der Waals surface area contributed by atoms with Gasteiger partial charge in [0, 0.05) is 5.71 Å². The molecular formula is C27H31N3O4S. The van der Waals surface area contributed by atoms with Crippen molar-refractivity contribution in [3.8, 4) is 5.75 Å². The Hall–Kier alpha value is -3.65. The van der Waals surface area contributed by atoms with Gasteiger partial charge in [0.2, 0.25) is 0 Å². The summed E-state index contributed by atoms with van der Waals surface area (Å²) in [6.07, 6.45) is 1.46. The Morgan fingerprint density at radius 3 is 2.31 bits per heavy atom. The van der Waals surface area contributed by atoms with E-state index in [-0.39, 0.29) is 10.6 Å². The largest absolute Gasteiger partial charge is 0.492 e. The lowest BCUT2D eigenvalue weighted by Crippen LogP contribution is -2.40. The lowest BCUT2D eigenvalue weighted by Gasteiger charge is -2.25. The fraction of sp³-hybridized carbons (Fsp3) is 0.259. The SMILES string of the molecule is CCOc1ccccc1N(CC(=O)N/N=C(/C)CCc1ccccc1)S(=O)(=O)c1ccc(C)cc1. The van der Waals surface area contributed by atoms with E-state index in [0.717, 1.165) is 22.0 Å². The van der Waals surface area contributed by atoms with Gasteiger partial charge in [-0.3, -0.25) is 9.10 Å². The first-order chi connectivity index (χ1) is 16.8. The van der Waals surface area contributed by atoms with Crippen LogP contribution in [0.25, 0.3) is 0 Å². The van der Waals surface area contributed by atoms with Gasteiger partial charge < -0.3 is 4.74 Å². The highest BCUT2D eigenvalue weighted by Crippen LogP contribution is 2.32. The van der Waals surface area contributed by atoms with Gasteiger partial charge in [-0.25, -0.2) is 13.8 Å². The number of nitrogens with one attached hydrogen (secondary N) is 1. The van der Waals surface area contributed by atoms with E-state index in [0.29, 0.717) is 18.8 Å². The highest BCUT2D eigenvalue weighted by Gasteiger charge is 2.29. The lowest BCUT2D eigenvalue weighted by molar-refractivity contribution is -0.119. The van der Waals surface area contributed by atoms with Gasteiger partial charge in [-0.1, -0.05) is 60.2 Å². The molecule has 0 atom stereocenters. The summed E-state index contributed by atoms with van der Waals surface area (Å²) >= 11 is 0. The van der Waals surface area contributed by atoms with Crippen LogP contribution in [0.2, 0.25) is 0 Å². The van der Waals surface area contributed by atoms with E-state index < -0.39 is 22.5 Å². The predicted molar refractivity (Wildman–Crippen MR) is 139 cm³/mol. The molecule has 0 unspecified atom stereocenters. The van der Waals surface area contributed by atoms with Crippen LogP contribution >= 0.6 is 0 Å². The quantitative estimate of drug-likeness (QED) is 0.309. The van der Waals surface area contributed by atoms with Crippen molar-refractivity contribution >= 4 is 27.3 Å². The first-order valence-corrected chi connectivity index (χ1v) is 12.9. The summed E-state index contributed by atoms with van der Waals surface area (Å²) in [4.78, 5) is 12.9. The highest BCUT2D eigenvalue weighted by atomic mass is 32.2. The van der Waals surface area contributed by atoms with Gasteiger partial charge in [0.25, 0.3) is 15.9 Å². The number of carbonyl (C=O) groups excluding carboxylic acids is 1. The number of hydrogen-bond acceptors (Lipinski definition) is 5. The van der Waals surface area contributed by atoms with Crippen LogP contribution < -0.4 is 14.5 Å². The van der Waals surface area contributed by atoms with Crippen molar-refractivity contribution in [3.63, 3.8) is 0 Å². The molecule has 0 aliphatic heterocycles. The zero-order chi connectivity index (χ0) is 25.3. The summed E-state index contributed by atoms with van der Waals surface area (Å²) in [5, 5.41) is 4.18. The Morgan fingerprint density at radius 1 is 0.971 bits per heavy atom. The fourth-order valence-corrected chi connectivity index (χ4v) is 4.86. The van der Waals surface area contributed by atoms with Crippen LogP contribution in [0.1, 0.15) is 31.4 Å². The maximum absolute atomic E-state index is 13.6. The van der Waals surface area contributed by atoms with E-state index in [1.807, 2.05) is 51.1 Å². The second-order valence-electron chi connectivity index (χ2n) is 8.09. The van der Waals surface area contributed by atoms with Crippen LogP contribution in [0, 0.1) is 6.92 Å². The summed E-state index contributed by atoms with van der Waals surface area (Å²) in [5.41, 5.74) is 5.64. The third kappa shape index (κ3) is 7.16. The molecule has 0 spiro atoms. The normalized spacial score (nSPS) is 11.7. The summed E-state index contributed by atoms with van der Waals surface area (Å²) in [6, 6.07) is 23.3. The molecule has 0 heterocycles. The third-order valence-corrected chi connectivity index (χ3v) is 7.09. The fourth-order valence-electron chi connectivity index (χ4n) is 3.43. The van der Waals surface area contributed by atoms with E-state index in [1.54, 1.807) is 36.4 Å². The number of hydrazone groups is 1. The standard InChI is InChI=1S/C27H31N3O4S/c1-4-34-26-13-9-8-12-25(26)30(35(32,33)24-18-14-21(2)15-19-24)20-27(31)29-28-22(3)16-17-23-10-6-5-7-11-23/h5-15,18-19H,4,16-17,20H2,1-3H3,(H,29,31)/b28-22-. The number of hydrogen-bond donors (Lipinski definition) is 1. The Labute approximate surface area is 207 Å². The zero-order valence-electron chi connectivity index (χ0n) is 20.3. The highest BCUT2D eigenvalue weighted by molar-refractivity contribution is 7.92. The molecule has 8 heteroatoms. The van der Waals surface area contributed by atoms with Gasteiger partial charge in [0.05, 0.1) is 17.2 Å². The van der Waals surface area contributed by atoms with Crippen molar-refractivity contribution in [2.24, 2.45) is 5.10 Å². The Bertz CT molecular complexity index is 1260. The number of amides is 1. The molecule has 7 nitrogen and oxygen atoms in total. The molecule has 3 aromatic rings. The molecule has 184 valence electrons. The van der Waals surface area contributed by atoms with Crippen molar-refractivity contribution in [1.82, 2.24) is 5.43 Å². The zero-order valence-corrected chi connectivity index (χ0v) is 21.1. The molecule has 0 aromatic heterocycles. The minimum atomic E-state index is -4.05. The minimum absolute atomic E-state index is 0.0877. The molecule has 35 heavy (non-hydrogen) atoms. The van der Waals surface area contributed by atoms with Crippen LogP contribution in [0.4, 0.5) is 5.69 Å². The monoisotopic (exact) mass is 493 g/mol. The van der Waals surface area contributed by atoms with Crippen LogP contribution in [-0.2, 0) is 21.2 Å². The predicted octanol–water partition coefficient (Wildman–Crippen LogP) is 4.71. The lowest BCUT2D eigenvalue weighted by atomic mass is 10.1. The van der Waals surface area contributed by atoms with E-state index in [4.69, 9.17) is 4.74 Å². The number of rotatable bonds is 11. The van der Waals surface area contributed by atoms with Crippen molar-refractivity contribution in [1.29, 1.82) is 0 Å².